The third kappa shape index (κ3) is 2.67. The van der Waals surface area contributed by atoms with Crippen LogP contribution in [0.25, 0.3) is 5.65 Å². The number of carbonyl (C=O) groups is 1. The van der Waals surface area contributed by atoms with E-state index in [9.17, 15) is 4.79 Å². The molecule has 0 N–H and O–H groups in total. The van der Waals surface area contributed by atoms with Crippen LogP contribution in [0.4, 0.5) is 5.69 Å². The Morgan fingerprint density at radius 3 is 2.73 bits per heavy atom. The quantitative estimate of drug-likeness (QED) is 0.694. The maximum atomic E-state index is 11.6. The van der Waals surface area contributed by atoms with Gasteiger partial charge in [-0.15, -0.1) is 0 Å². The fraction of sp³-hybridized carbons (Fsp3) is 0.188. The number of fused-ring (bicyclic) bond motifs is 1. The average molecular weight is 315 g/mol. The summed E-state index contributed by atoms with van der Waals surface area (Å²) in [4.78, 5) is 18.0. The van der Waals surface area contributed by atoms with E-state index >= 15 is 0 Å². The zero-order chi connectivity index (χ0) is 15.7. The van der Waals surface area contributed by atoms with E-state index in [1.807, 2.05) is 30.1 Å². The Labute approximate surface area is 133 Å². The molecule has 5 nitrogen and oxygen atoms in total. The van der Waals surface area contributed by atoms with Crippen molar-refractivity contribution in [1.29, 1.82) is 0 Å². The molecule has 2 heterocycles. The normalized spacial score (nSPS) is 10.9. The van der Waals surface area contributed by atoms with Crippen molar-refractivity contribution in [2.24, 2.45) is 0 Å². The standard InChI is InChI=1S/C16H15ClN4O/c1-11(22)14-9-18-16-13(8-15(17)19-21(14)16)20(2)10-12-6-4-3-5-7-12/h3-9H,10H2,1-2H3. The third-order valence-electron chi connectivity index (χ3n) is 3.45. The molecule has 0 aliphatic carbocycles. The summed E-state index contributed by atoms with van der Waals surface area (Å²) in [7, 11) is 1.96. The van der Waals surface area contributed by atoms with Gasteiger partial charge in [0.25, 0.3) is 0 Å². The van der Waals surface area contributed by atoms with Gasteiger partial charge < -0.3 is 4.90 Å². The number of benzene rings is 1. The van der Waals surface area contributed by atoms with Crippen molar-refractivity contribution in [2.45, 2.75) is 13.5 Å². The SMILES string of the molecule is CC(=O)c1cnc2c(N(C)Cc3ccccc3)cc(Cl)nn12. The van der Waals surface area contributed by atoms with Crippen LogP contribution in [0.2, 0.25) is 5.15 Å². The zero-order valence-electron chi connectivity index (χ0n) is 12.3. The van der Waals surface area contributed by atoms with Gasteiger partial charge in [-0.25, -0.2) is 9.50 Å². The number of halogens is 1. The van der Waals surface area contributed by atoms with Crippen LogP contribution in [-0.4, -0.2) is 27.4 Å². The molecule has 2 aromatic heterocycles. The largest absolute Gasteiger partial charge is 0.367 e. The number of anilines is 1. The first kappa shape index (κ1) is 14.5. The fourth-order valence-corrected chi connectivity index (χ4v) is 2.57. The van der Waals surface area contributed by atoms with Gasteiger partial charge in [-0.1, -0.05) is 41.9 Å². The molecule has 0 unspecified atom stereocenters. The van der Waals surface area contributed by atoms with Crippen LogP contribution < -0.4 is 4.90 Å². The molecule has 0 atom stereocenters. The Bertz CT molecular complexity index is 829. The fourth-order valence-electron chi connectivity index (χ4n) is 2.39. The molecule has 0 saturated heterocycles. The number of ketones is 1. The van der Waals surface area contributed by atoms with Crippen LogP contribution >= 0.6 is 11.6 Å². The summed E-state index contributed by atoms with van der Waals surface area (Å²) in [6.07, 6.45) is 1.53. The number of hydrogen-bond donors (Lipinski definition) is 0. The Balaban J connectivity index is 2.04. The topological polar surface area (TPSA) is 50.5 Å². The second-order valence-corrected chi connectivity index (χ2v) is 5.52. The number of carbonyl (C=O) groups excluding carboxylic acids is 1. The Kier molecular flexibility index (Phi) is 3.81. The second kappa shape index (κ2) is 5.77. The number of imidazole rings is 1. The minimum absolute atomic E-state index is 0.0982. The maximum Gasteiger partial charge on any atom is 0.179 e. The van der Waals surface area contributed by atoms with Crippen LogP contribution in [0.15, 0.2) is 42.6 Å². The number of Topliss-reactive ketones (excluding diaryl/α,β-unsaturated/α-hetero) is 1. The van der Waals surface area contributed by atoms with E-state index in [2.05, 4.69) is 22.2 Å². The van der Waals surface area contributed by atoms with E-state index in [-0.39, 0.29) is 5.78 Å². The zero-order valence-corrected chi connectivity index (χ0v) is 13.1. The summed E-state index contributed by atoms with van der Waals surface area (Å²) in [6, 6.07) is 11.9. The molecule has 22 heavy (non-hydrogen) atoms. The highest BCUT2D eigenvalue weighted by Crippen LogP contribution is 2.24. The van der Waals surface area contributed by atoms with Crippen molar-refractivity contribution in [3.05, 3.63) is 59.0 Å². The van der Waals surface area contributed by atoms with Gasteiger partial charge in [-0.2, -0.15) is 5.10 Å². The Morgan fingerprint density at radius 1 is 1.32 bits per heavy atom. The minimum Gasteiger partial charge on any atom is -0.367 e. The summed E-state index contributed by atoms with van der Waals surface area (Å²) in [5, 5.41) is 4.50. The van der Waals surface area contributed by atoms with Gasteiger partial charge in [0.1, 0.15) is 5.69 Å². The van der Waals surface area contributed by atoms with Crippen molar-refractivity contribution >= 4 is 28.7 Å². The van der Waals surface area contributed by atoms with E-state index in [1.54, 1.807) is 6.07 Å². The molecule has 0 aliphatic heterocycles. The highest BCUT2D eigenvalue weighted by molar-refractivity contribution is 6.29. The molecule has 0 spiro atoms. The van der Waals surface area contributed by atoms with Crippen LogP contribution in [0.5, 0.6) is 0 Å². The lowest BCUT2D eigenvalue weighted by atomic mass is 10.2. The molecule has 0 saturated carbocycles. The molecule has 1 aromatic carbocycles. The van der Waals surface area contributed by atoms with Crippen molar-refractivity contribution < 1.29 is 4.79 Å². The van der Waals surface area contributed by atoms with Crippen molar-refractivity contribution in [1.82, 2.24) is 14.6 Å². The van der Waals surface area contributed by atoms with Crippen LogP contribution in [-0.2, 0) is 6.54 Å². The molecule has 0 fully saturated rings. The number of rotatable bonds is 4. The number of hydrogen-bond acceptors (Lipinski definition) is 4. The molecule has 3 rings (SSSR count). The lowest BCUT2D eigenvalue weighted by molar-refractivity contribution is 0.101. The van der Waals surface area contributed by atoms with Gasteiger partial charge >= 0.3 is 0 Å². The number of aromatic nitrogens is 3. The van der Waals surface area contributed by atoms with Gasteiger partial charge in [0.2, 0.25) is 0 Å². The molecule has 3 aromatic rings. The molecule has 0 bridgehead atoms. The predicted octanol–water partition coefficient (Wildman–Crippen LogP) is 3.22. The second-order valence-electron chi connectivity index (χ2n) is 5.13. The molecule has 0 aliphatic rings. The van der Waals surface area contributed by atoms with E-state index in [0.29, 0.717) is 23.0 Å². The summed E-state index contributed by atoms with van der Waals surface area (Å²) in [5.41, 5.74) is 3.05. The van der Waals surface area contributed by atoms with Gasteiger partial charge in [0.15, 0.2) is 16.6 Å². The maximum absolute atomic E-state index is 11.6. The minimum atomic E-state index is -0.0982. The van der Waals surface area contributed by atoms with Gasteiger partial charge in [0.05, 0.1) is 11.9 Å². The highest BCUT2D eigenvalue weighted by atomic mass is 35.5. The first-order valence-electron chi connectivity index (χ1n) is 6.86. The van der Waals surface area contributed by atoms with Gasteiger partial charge in [-0.05, 0) is 5.56 Å². The highest BCUT2D eigenvalue weighted by Gasteiger charge is 2.16. The monoisotopic (exact) mass is 314 g/mol. The summed E-state index contributed by atoms with van der Waals surface area (Å²) < 4.78 is 1.50. The predicted molar refractivity (Wildman–Crippen MR) is 86.6 cm³/mol. The van der Waals surface area contributed by atoms with E-state index < -0.39 is 0 Å². The average Bonchev–Trinajstić information content (AvgIpc) is 2.91. The van der Waals surface area contributed by atoms with E-state index in [1.165, 1.54) is 23.2 Å². The van der Waals surface area contributed by atoms with Crippen molar-refractivity contribution in [3.63, 3.8) is 0 Å². The van der Waals surface area contributed by atoms with Crippen LogP contribution in [0.1, 0.15) is 23.0 Å². The Hall–Kier alpha value is -2.40. The van der Waals surface area contributed by atoms with E-state index in [4.69, 9.17) is 11.6 Å². The molecule has 0 radical (unpaired) electrons. The lowest BCUT2D eigenvalue weighted by Crippen LogP contribution is -2.18. The molecule has 0 amide bonds. The molecule has 6 heteroatoms. The third-order valence-corrected chi connectivity index (χ3v) is 3.64. The Morgan fingerprint density at radius 2 is 2.05 bits per heavy atom. The molecular weight excluding hydrogens is 300 g/mol. The van der Waals surface area contributed by atoms with E-state index in [0.717, 1.165) is 5.69 Å². The van der Waals surface area contributed by atoms with Crippen molar-refractivity contribution in [2.75, 3.05) is 11.9 Å². The first-order chi connectivity index (χ1) is 10.6. The molecular formula is C16H15ClN4O. The van der Waals surface area contributed by atoms with Crippen LogP contribution in [0, 0.1) is 0 Å². The number of nitrogens with zero attached hydrogens (tertiary/aromatic N) is 4. The summed E-state index contributed by atoms with van der Waals surface area (Å²) >= 11 is 6.11. The lowest BCUT2D eigenvalue weighted by Gasteiger charge is -2.20. The molecule has 112 valence electrons. The van der Waals surface area contributed by atoms with Gasteiger partial charge in [0, 0.05) is 26.6 Å². The first-order valence-corrected chi connectivity index (χ1v) is 7.24. The van der Waals surface area contributed by atoms with Gasteiger partial charge in [-0.3, -0.25) is 4.79 Å². The summed E-state index contributed by atoms with van der Waals surface area (Å²) in [5.74, 6) is -0.0982. The summed E-state index contributed by atoms with van der Waals surface area (Å²) in [6.45, 7) is 2.19. The van der Waals surface area contributed by atoms with Crippen molar-refractivity contribution in [3.8, 4) is 0 Å². The smallest absolute Gasteiger partial charge is 0.179 e. The van der Waals surface area contributed by atoms with Crippen LogP contribution in [0.3, 0.4) is 0 Å².